The van der Waals surface area contributed by atoms with Crippen molar-refractivity contribution in [1.29, 1.82) is 0 Å². The minimum atomic E-state index is -2.63. The lowest BCUT2D eigenvalue weighted by molar-refractivity contribution is -0.125. The number of hydrogen-bond acceptors (Lipinski definition) is 5. The second kappa shape index (κ2) is 14.2. The highest BCUT2D eigenvalue weighted by atomic mass is 28.4. The Bertz CT molecular complexity index is 1100. The van der Waals surface area contributed by atoms with Crippen molar-refractivity contribution in [2.45, 2.75) is 153 Å². The Morgan fingerprint density at radius 1 is 0.841 bits per heavy atom. The standard InChI is InChI=1S/C37H60O5Si2/c1-27(2)43(28(3)4,29(5)6)42-34-26-31(40-37(35(34)41-37)24-17-18-30(7)38)23-25-39-44(36(8,9)10,32-19-13-11-14-20-32)33-21-15-12-16-22-33/h11-16,19-22,27-31,34-35,38H,17-18,23-26H2,1-10H3/t30-,31-,34+,35-,37-/m1/s1. The number of hydrogen-bond donors (Lipinski definition) is 1. The third-order valence-corrected chi connectivity index (χ3v) is 21.5. The monoisotopic (exact) mass is 640 g/mol. The van der Waals surface area contributed by atoms with Crippen LogP contribution in [0.5, 0.6) is 0 Å². The lowest BCUT2D eigenvalue weighted by Crippen LogP contribution is -2.66. The van der Waals surface area contributed by atoms with Gasteiger partial charge in [-0.25, -0.2) is 0 Å². The molecule has 0 unspecified atom stereocenters. The van der Waals surface area contributed by atoms with Crippen molar-refractivity contribution < 1.29 is 23.4 Å². The lowest BCUT2D eigenvalue weighted by Gasteiger charge is -2.46. The summed E-state index contributed by atoms with van der Waals surface area (Å²) in [4.78, 5) is 0. The van der Waals surface area contributed by atoms with Gasteiger partial charge in [0.2, 0.25) is 8.32 Å². The minimum Gasteiger partial charge on any atom is -0.410 e. The van der Waals surface area contributed by atoms with Crippen LogP contribution in [0.1, 0.15) is 101 Å². The predicted octanol–water partition coefficient (Wildman–Crippen LogP) is 7.95. The smallest absolute Gasteiger partial charge is 0.261 e. The Balaban J connectivity index is 1.60. The van der Waals surface area contributed by atoms with Crippen LogP contribution in [0, 0.1) is 0 Å². The Labute approximate surface area is 270 Å². The van der Waals surface area contributed by atoms with Gasteiger partial charge in [-0.2, -0.15) is 0 Å². The summed E-state index contributed by atoms with van der Waals surface area (Å²) in [6, 6.07) is 21.7. The topological polar surface area (TPSA) is 60.5 Å². The number of aliphatic hydroxyl groups is 1. The minimum absolute atomic E-state index is 0.0123. The van der Waals surface area contributed by atoms with Gasteiger partial charge in [-0.05, 0) is 58.2 Å². The van der Waals surface area contributed by atoms with Crippen molar-refractivity contribution >= 4 is 27.0 Å². The van der Waals surface area contributed by atoms with E-state index >= 15 is 0 Å². The van der Waals surface area contributed by atoms with Gasteiger partial charge in [-0.3, -0.25) is 0 Å². The summed E-state index contributed by atoms with van der Waals surface area (Å²) in [5, 5.41) is 12.5. The molecule has 2 aliphatic heterocycles. The summed E-state index contributed by atoms with van der Waals surface area (Å²) < 4.78 is 28.0. The third-order valence-electron chi connectivity index (χ3n) is 10.3. The predicted molar refractivity (Wildman–Crippen MR) is 187 cm³/mol. The highest BCUT2D eigenvalue weighted by Gasteiger charge is 2.67. The molecule has 2 heterocycles. The molecule has 44 heavy (non-hydrogen) atoms. The van der Waals surface area contributed by atoms with E-state index in [4.69, 9.17) is 18.3 Å². The first-order valence-corrected chi connectivity index (χ1v) is 21.2. The summed E-state index contributed by atoms with van der Waals surface area (Å²) in [6.07, 6.45) is 3.67. The quantitative estimate of drug-likeness (QED) is 0.158. The van der Waals surface area contributed by atoms with E-state index in [1.54, 1.807) is 0 Å². The molecule has 5 atom stereocenters. The highest BCUT2D eigenvalue weighted by molar-refractivity contribution is 6.99. The molecule has 0 spiro atoms. The van der Waals surface area contributed by atoms with Crippen molar-refractivity contribution in [2.24, 2.45) is 0 Å². The van der Waals surface area contributed by atoms with E-state index in [2.05, 4.69) is 123 Å². The van der Waals surface area contributed by atoms with Gasteiger partial charge in [0.25, 0.3) is 8.32 Å². The first kappa shape index (κ1) is 35.5. The number of benzene rings is 2. The Morgan fingerprint density at radius 2 is 1.36 bits per heavy atom. The molecule has 0 radical (unpaired) electrons. The largest absolute Gasteiger partial charge is 0.410 e. The summed E-state index contributed by atoms with van der Waals surface area (Å²) in [5.74, 6) is -0.606. The van der Waals surface area contributed by atoms with Crippen molar-refractivity contribution in [1.82, 2.24) is 0 Å². The van der Waals surface area contributed by atoms with E-state index < -0.39 is 22.4 Å². The molecule has 246 valence electrons. The summed E-state index contributed by atoms with van der Waals surface area (Å²) in [5.41, 5.74) is 1.52. The van der Waals surface area contributed by atoms with Gasteiger partial charge in [0, 0.05) is 19.4 Å². The maximum Gasteiger partial charge on any atom is 0.261 e. The maximum atomic E-state index is 9.95. The van der Waals surface area contributed by atoms with Crippen LogP contribution < -0.4 is 10.4 Å². The number of ether oxygens (including phenoxy) is 2. The molecule has 2 aromatic rings. The molecule has 4 rings (SSSR count). The van der Waals surface area contributed by atoms with Crippen molar-refractivity contribution in [3.8, 4) is 0 Å². The van der Waals surface area contributed by atoms with Crippen molar-refractivity contribution in [2.75, 3.05) is 6.61 Å². The number of aliphatic hydroxyl groups excluding tert-OH is 1. The molecule has 2 aliphatic rings. The van der Waals surface area contributed by atoms with Gasteiger partial charge in [0.1, 0.15) is 6.10 Å². The molecule has 1 N–H and O–H groups in total. The van der Waals surface area contributed by atoms with Crippen LogP contribution in [0.2, 0.25) is 21.7 Å². The molecular weight excluding hydrogens is 581 g/mol. The molecule has 0 aromatic heterocycles. The van der Waals surface area contributed by atoms with E-state index in [9.17, 15) is 5.11 Å². The molecule has 5 nitrogen and oxygen atoms in total. The van der Waals surface area contributed by atoms with Gasteiger partial charge in [0.05, 0.1) is 18.3 Å². The summed E-state index contributed by atoms with van der Waals surface area (Å²) in [7, 11) is -4.75. The molecule has 0 bridgehead atoms. The van der Waals surface area contributed by atoms with Crippen LogP contribution in [-0.4, -0.2) is 58.6 Å². The molecule has 2 aromatic carbocycles. The SMILES string of the molecule is CC(C)[Si](O[C@H]1C[C@@H](CCO[Si](c2ccccc2)(c2ccccc2)C(C)(C)C)O[C@]2(CCC[C@@H](C)O)O[C@H]12)(C(C)C)C(C)C. The van der Waals surface area contributed by atoms with Crippen LogP contribution in [0.3, 0.4) is 0 Å². The zero-order valence-electron chi connectivity index (χ0n) is 29.1. The fourth-order valence-electron chi connectivity index (χ4n) is 8.31. The average Bonchev–Trinajstić information content (AvgIpc) is 3.68. The molecule has 7 heteroatoms. The molecule has 2 fully saturated rings. The molecular formula is C37H60O5Si2. The second-order valence-corrected chi connectivity index (χ2v) is 25.1. The normalized spacial score (nSPS) is 25.0. The van der Waals surface area contributed by atoms with Gasteiger partial charge < -0.3 is 23.4 Å². The van der Waals surface area contributed by atoms with Crippen LogP contribution in [0.25, 0.3) is 0 Å². The van der Waals surface area contributed by atoms with Crippen LogP contribution in [-0.2, 0) is 18.3 Å². The van der Waals surface area contributed by atoms with Crippen molar-refractivity contribution in [3.05, 3.63) is 60.7 Å². The zero-order valence-corrected chi connectivity index (χ0v) is 31.1. The van der Waals surface area contributed by atoms with Gasteiger partial charge in [-0.15, -0.1) is 0 Å². The maximum absolute atomic E-state index is 9.95. The lowest BCUT2D eigenvalue weighted by atomic mass is 9.96. The molecule has 2 saturated heterocycles. The van der Waals surface area contributed by atoms with E-state index in [0.717, 1.165) is 32.1 Å². The average molecular weight is 641 g/mol. The van der Waals surface area contributed by atoms with E-state index in [-0.39, 0.29) is 29.5 Å². The second-order valence-electron chi connectivity index (χ2n) is 15.3. The van der Waals surface area contributed by atoms with E-state index in [1.807, 2.05) is 6.92 Å². The fraction of sp³-hybridized carbons (Fsp3) is 0.676. The van der Waals surface area contributed by atoms with E-state index in [1.165, 1.54) is 10.4 Å². The van der Waals surface area contributed by atoms with Gasteiger partial charge >= 0.3 is 0 Å². The van der Waals surface area contributed by atoms with Crippen LogP contribution in [0.15, 0.2) is 60.7 Å². The number of rotatable bonds is 15. The Morgan fingerprint density at radius 3 is 1.82 bits per heavy atom. The fourth-order valence-corrected chi connectivity index (χ4v) is 18.5. The molecule has 0 amide bonds. The van der Waals surface area contributed by atoms with E-state index in [0.29, 0.717) is 23.2 Å². The first-order chi connectivity index (χ1) is 20.7. The zero-order chi connectivity index (χ0) is 32.3. The summed E-state index contributed by atoms with van der Waals surface area (Å²) in [6.45, 7) is 23.6. The number of epoxide rings is 1. The first-order valence-electron chi connectivity index (χ1n) is 17.2. The Kier molecular flexibility index (Phi) is 11.5. The Hall–Kier alpha value is -1.33. The summed E-state index contributed by atoms with van der Waals surface area (Å²) >= 11 is 0. The molecule has 0 aliphatic carbocycles. The van der Waals surface area contributed by atoms with Gasteiger partial charge in [-0.1, -0.05) is 123 Å². The van der Waals surface area contributed by atoms with Crippen LogP contribution >= 0.6 is 0 Å². The van der Waals surface area contributed by atoms with Crippen LogP contribution in [0.4, 0.5) is 0 Å². The van der Waals surface area contributed by atoms with Crippen molar-refractivity contribution in [3.63, 3.8) is 0 Å². The number of fused-ring (bicyclic) bond motifs is 1. The third kappa shape index (κ3) is 7.14. The highest BCUT2D eigenvalue weighted by Crippen LogP contribution is 2.54. The van der Waals surface area contributed by atoms with Gasteiger partial charge in [0.15, 0.2) is 5.79 Å². The molecule has 0 saturated carbocycles.